The van der Waals surface area contributed by atoms with Crippen LogP contribution >= 0.6 is 0 Å². The Labute approximate surface area is 81.7 Å². The van der Waals surface area contributed by atoms with Crippen LogP contribution in [0.5, 0.6) is 0 Å². The molecule has 0 radical (unpaired) electrons. The zero-order valence-electron chi connectivity index (χ0n) is 9.09. The second-order valence-corrected chi connectivity index (χ2v) is 4.44. The molecule has 3 N–H and O–H groups in total. The van der Waals surface area contributed by atoms with Crippen molar-refractivity contribution >= 4 is 0 Å². The number of hydrogen-bond donors (Lipinski definition) is 2. The van der Waals surface area contributed by atoms with Gasteiger partial charge in [-0.2, -0.15) is 0 Å². The molecule has 3 heteroatoms. The van der Waals surface area contributed by atoms with Crippen LogP contribution in [0.2, 0.25) is 0 Å². The smallest absolute Gasteiger partial charge is 0.0164 e. The largest absolute Gasteiger partial charge is 0.329 e. The van der Waals surface area contributed by atoms with Gasteiger partial charge in [0.05, 0.1) is 0 Å². The van der Waals surface area contributed by atoms with Gasteiger partial charge >= 0.3 is 0 Å². The van der Waals surface area contributed by atoms with Crippen molar-refractivity contribution in [3.63, 3.8) is 0 Å². The highest BCUT2D eigenvalue weighted by molar-refractivity contribution is 4.83. The van der Waals surface area contributed by atoms with Crippen LogP contribution in [-0.4, -0.2) is 43.7 Å². The maximum absolute atomic E-state index is 5.59. The zero-order chi connectivity index (χ0) is 9.84. The second-order valence-electron chi connectivity index (χ2n) is 4.44. The van der Waals surface area contributed by atoms with E-state index in [4.69, 9.17) is 5.73 Å². The van der Waals surface area contributed by atoms with Gasteiger partial charge in [-0.1, -0.05) is 6.92 Å². The van der Waals surface area contributed by atoms with E-state index in [1.807, 2.05) is 0 Å². The maximum Gasteiger partial charge on any atom is 0.0164 e. The van der Waals surface area contributed by atoms with E-state index in [0.29, 0.717) is 12.1 Å². The van der Waals surface area contributed by atoms with E-state index in [-0.39, 0.29) is 0 Å². The lowest BCUT2D eigenvalue weighted by Gasteiger charge is -2.36. The van der Waals surface area contributed by atoms with Crippen LogP contribution in [0.25, 0.3) is 0 Å². The lowest BCUT2D eigenvalue weighted by molar-refractivity contribution is 0.168. The minimum atomic E-state index is 0.454. The molecular formula is C10H23N3. The van der Waals surface area contributed by atoms with Gasteiger partial charge in [0.2, 0.25) is 0 Å². The molecule has 1 fully saturated rings. The van der Waals surface area contributed by atoms with Crippen LogP contribution in [-0.2, 0) is 0 Å². The van der Waals surface area contributed by atoms with Gasteiger partial charge in [-0.3, -0.25) is 0 Å². The highest BCUT2D eigenvalue weighted by Crippen LogP contribution is 2.15. The molecule has 0 aliphatic carbocycles. The topological polar surface area (TPSA) is 41.3 Å². The van der Waals surface area contributed by atoms with Crippen molar-refractivity contribution in [1.82, 2.24) is 10.2 Å². The molecule has 13 heavy (non-hydrogen) atoms. The molecule has 0 spiro atoms. The third-order valence-corrected chi connectivity index (χ3v) is 2.96. The maximum atomic E-state index is 5.59. The van der Waals surface area contributed by atoms with Crippen molar-refractivity contribution in [1.29, 1.82) is 0 Å². The van der Waals surface area contributed by atoms with E-state index >= 15 is 0 Å². The predicted octanol–water partition coefficient (Wildman–Crippen LogP) is 0.263. The van der Waals surface area contributed by atoms with Gasteiger partial charge in [0.15, 0.2) is 0 Å². The Morgan fingerprint density at radius 1 is 1.62 bits per heavy atom. The molecule has 1 rings (SSSR count). The van der Waals surface area contributed by atoms with Crippen LogP contribution in [0.15, 0.2) is 0 Å². The minimum absolute atomic E-state index is 0.454. The normalized spacial score (nSPS) is 33.2. The van der Waals surface area contributed by atoms with E-state index < -0.39 is 0 Å². The first-order valence-corrected chi connectivity index (χ1v) is 5.28. The molecule has 1 saturated heterocycles. The molecule has 0 saturated carbocycles. The molecule has 1 aliphatic rings. The highest BCUT2D eigenvalue weighted by atomic mass is 15.1. The lowest BCUT2D eigenvalue weighted by atomic mass is 9.93. The Bertz CT molecular complexity index is 149. The molecule has 0 bridgehead atoms. The summed E-state index contributed by atoms with van der Waals surface area (Å²) in [4.78, 5) is 2.40. The fraction of sp³-hybridized carbons (Fsp3) is 1.00. The Hall–Kier alpha value is -0.120. The minimum Gasteiger partial charge on any atom is -0.329 e. The first kappa shape index (κ1) is 11.0. The third-order valence-electron chi connectivity index (χ3n) is 2.96. The van der Waals surface area contributed by atoms with Gasteiger partial charge in [-0.25, -0.2) is 0 Å². The summed E-state index contributed by atoms with van der Waals surface area (Å²) in [5.74, 6) is 0.743. The standard InChI is InChI=1S/C10H23N3/c1-8-7-13(3)5-4-10(8)12-9(2)6-11/h8-10,12H,4-7,11H2,1-3H3. The molecular weight excluding hydrogens is 162 g/mol. The first-order chi connectivity index (χ1) is 6.13. The Kier molecular flexibility index (Phi) is 4.16. The number of hydrogen-bond acceptors (Lipinski definition) is 3. The summed E-state index contributed by atoms with van der Waals surface area (Å²) in [6.45, 7) is 7.62. The van der Waals surface area contributed by atoms with Crippen LogP contribution in [0.3, 0.4) is 0 Å². The molecule has 1 heterocycles. The summed E-state index contributed by atoms with van der Waals surface area (Å²) in [5, 5.41) is 3.59. The van der Waals surface area contributed by atoms with Crippen LogP contribution in [0.4, 0.5) is 0 Å². The van der Waals surface area contributed by atoms with Gasteiger partial charge < -0.3 is 16.0 Å². The molecule has 3 atom stereocenters. The molecule has 78 valence electrons. The lowest BCUT2D eigenvalue weighted by Crippen LogP contribution is -2.51. The summed E-state index contributed by atoms with van der Waals surface area (Å²) in [6, 6.07) is 1.12. The SMILES string of the molecule is CC(CN)NC1CCN(C)CC1C. The monoisotopic (exact) mass is 185 g/mol. The van der Waals surface area contributed by atoms with Crippen LogP contribution in [0.1, 0.15) is 20.3 Å². The Morgan fingerprint density at radius 2 is 2.31 bits per heavy atom. The third kappa shape index (κ3) is 3.25. The summed E-state index contributed by atoms with van der Waals surface area (Å²) < 4.78 is 0. The molecule has 3 unspecified atom stereocenters. The van der Waals surface area contributed by atoms with Gasteiger partial charge in [0.1, 0.15) is 0 Å². The molecule has 3 nitrogen and oxygen atoms in total. The fourth-order valence-corrected chi connectivity index (χ4v) is 2.04. The number of piperidine rings is 1. The molecule has 0 amide bonds. The first-order valence-electron chi connectivity index (χ1n) is 5.28. The number of likely N-dealkylation sites (tertiary alicyclic amines) is 1. The van der Waals surface area contributed by atoms with Gasteiger partial charge in [-0.05, 0) is 32.9 Å². The van der Waals surface area contributed by atoms with Crippen molar-refractivity contribution in [2.24, 2.45) is 11.7 Å². The van der Waals surface area contributed by atoms with E-state index in [0.717, 1.165) is 12.5 Å². The van der Waals surface area contributed by atoms with Crippen LogP contribution < -0.4 is 11.1 Å². The number of nitrogens with one attached hydrogen (secondary N) is 1. The average Bonchev–Trinajstić information content (AvgIpc) is 2.09. The van der Waals surface area contributed by atoms with Crippen molar-refractivity contribution in [3.8, 4) is 0 Å². The number of nitrogens with two attached hydrogens (primary N) is 1. The summed E-state index contributed by atoms with van der Waals surface area (Å²) in [6.07, 6.45) is 1.25. The van der Waals surface area contributed by atoms with Crippen LogP contribution in [0, 0.1) is 5.92 Å². The van der Waals surface area contributed by atoms with Crippen molar-refractivity contribution in [2.75, 3.05) is 26.7 Å². The van der Waals surface area contributed by atoms with E-state index in [1.165, 1.54) is 19.5 Å². The van der Waals surface area contributed by atoms with Crippen molar-refractivity contribution in [2.45, 2.75) is 32.4 Å². The molecule has 1 aliphatic heterocycles. The summed E-state index contributed by atoms with van der Waals surface area (Å²) in [5.41, 5.74) is 5.59. The van der Waals surface area contributed by atoms with E-state index in [2.05, 4.69) is 31.1 Å². The van der Waals surface area contributed by atoms with E-state index in [1.54, 1.807) is 0 Å². The molecule has 0 aromatic rings. The second kappa shape index (κ2) is 4.94. The molecule has 0 aromatic heterocycles. The fourth-order valence-electron chi connectivity index (χ4n) is 2.04. The molecule has 0 aromatic carbocycles. The Morgan fingerprint density at radius 3 is 2.85 bits per heavy atom. The average molecular weight is 185 g/mol. The zero-order valence-corrected chi connectivity index (χ0v) is 9.09. The Balaban J connectivity index is 2.33. The van der Waals surface area contributed by atoms with Gasteiger partial charge in [-0.15, -0.1) is 0 Å². The van der Waals surface area contributed by atoms with Crippen molar-refractivity contribution < 1.29 is 0 Å². The van der Waals surface area contributed by atoms with Crippen molar-refractivity contribution in [3.05, 3.63) is 0 Å². The number of nitrogens with zero attached hydrogens (tertiary/aromatic N) is 1. The highest BCUT2D eigenvalue weighted by Gasteiger charge is 2.24. The predicted molar refractivity (Wildman–Crippen MR) is 56.7 cm³/mol. The van der Waals surface area contributed by atoms with Gasteiger partial charge in [0, 0.05) is 25.2 Å². The summed E-state index contributed by atoms with van der Waals surface area (Å²) >= 11 is 0. The van der Waals surface area contributed by atoms with E-state index in [9.17, 15) is 0 Å². The number of rotatable bonds is 3. The van der Waals surface area contributed by atoms with Gasteiger partial charge in [0.25, 0.3) is 0 Å². The quantitative estimate of drug-likeness (QED) is 0.663. The summed E-state index contributed by atoms with van der Waals surface area (Å²) in [7, 11) is 2.19.